The summed E-state index contributed by atoms with van der Waals surface area (Å²) >= 11 is 0. The Kier molecular flexibility index (Phi) is 11.1. The van der Waals surface area contributed by atoms with Crippen molar-refractivity contribution in [2.24, 2.45) is 0 Å². The van der Waals surface area contributed by atoms with Crippen molar-refractivity contribution in [3.8, 4) is 0 Å². The normalized spacial score (nSPS) is 12.4. The van der Waals surface area contributed by atoms with E-state index in [-0.39, 0.29) is 25.5 Å². The van der Waals surface area contributed by atoms with Gasteiger partial charge in [0.25, 0.3) is 0 Å². The van der Waals surface area contributed by atoms with Crippen molar-refractivity contribution in [3.05, 3.63) is 0 Å². The van der Waals surface area contributed by atoms with Crippen molar-refractivity contribution in [3.63, 3.8) is 0 Å². The van der Waals surface area contributed by atoms with Crippen LogP contribution < -0.4 is 0 Å². The zero-order chi connectivity index (χ0) is 14.0. The van der Waals surface area contributed by atoms with Gasteiger partial charge in [-0.05, 0) is 0 Å². The molecule has 0 aromatic carbocycles. The smallest absolute Gasteiger partial charge is 0.741 e. The molecule has 18 heavy (non-hydrogen) atoms. The summed E-state index contributed by atoms with van der Waals surface area (Å²) in [6.07, 6.45) is 0. The summed E-state index contributed by atoms with van der Waals surface area (Å²) in [5.41, 5.74) is -11.3. The Bertz CT molecular complexity index is 381. The first kappa shape index (κ1) is 26.5. The van der Waals surface area contributed by atoms with E-state index in [1.165, 1.54) is 0 Å². The van der Waals surface area contributed by atoms with Crippen molar-refractivity contribution in [2.75, 3.05) is 0 Å². The zero-order valence-electron chi connectivity index (χ0n) is 7.48. The summed E-state index contributed by atoms with van der Waals surface area (Å²) in [6.45, 7) is 0. The largest absolute Gasteiger partial charge is 2.00 e. The van der Waals surface area contributed by atoms with E-state index < -0.39 is 31.3 Å². The maximum Gasteiger partial charge on any atom is 2.00 e. The van der Waals surface area contributed by atoms with Crippen LogP contribution in [0.15, 0.2) is 0 Å². The Labute approximate surface area is 109 Å². The van der Waals surface area contributed by atoms with Crippen LogP contribution in [0.2, 0.25) is 0 Å². The van der Waals surface area contributed by atoms with Gasteiger partial charge >= 0.3 is 29.6 Å². The van der Waals surface area contributed by atoms with Gasteiger partial charge < -0.3 is 14.6 Å². The van der Waals surface area contributed by atoms with Crippen LogP contribution in [-0.4, -0.2) is 42.4 Å². The van der Waals surface area contributed by atoms with Gasteiger partial charge in [0.05, 0.1) is 0 Å². The molecule has 0 saturated carbocycles. The second-order valence-electron chi connectivity index (χ2n) is 1.80. The fraction of sp³-hybridized carbons (Fsp3) is 1.00. The SMILES string of the molecule is O.O=S(=O)([O-])C(F)(F)F.O=S(=O)([O-])C(F)(F)F.[HH].[V+2]. The molecular formula is C2H4F6O7S2V. The molecule has 0 heterocycles. The van der Waals surface area contributed by atoms with E-state index in [1.807, 2.05) is 0 Å². The second kappa shape index (κ2) is 7.51. The minimum atomic E-state index is -6.09. The second-order valence-corrected chi connectivity index (χ2v) is 4.54. The third-order valence-electron chi connectivity index (χ3n) is 0.567. The fourth-order valence-electron chi connectivity index (χ4n) is 0. The quantitative estimate of drug-likeness (QED) is 0.320. The standard InChI is InChI=1S/2CHF3O3S.H2O.V.H2/c2*2-1(3,4)8(5,6)7;;;/h2*(H,5,6,7);1H2;;1H/q;;;+2;/p-2. The van der Waals surface area contributed by atoms with E-state index in [0.717, 1.165) is 0 Å². The predicted octanol–water partition coefficient (Wildman–Crippen LogP) is -0.478. The van der Waals surface area contributed by atoms with Crippen LogP contribution in [-0.2, 0) is 38.8 Å². The molecule has 0 fully saturated rings. The van der Waals surface area contributed by atoms with Crippen LogP contribution in [0.1, 0.15) is 1.43 Å². The molecule has 0 aliphatic heterocycles. The molecular weight excluding hydrogens is 365 g/mol. The number of alkyl halides is 6. The zero-order valence-corrected chi connectivity index (χ0v) is 10.5. The molecule has 0 amide bonds. The molecule has 0 saturated heterocycles. The molecule has 0 aromatic rings. The molecule has 7 nitrogen and oxygen atoms in total. The first-order valence-electron chi connectivity index (χ1n) is 2.54. The van der Waals surface area contributed by atoms with Crippen LogP contribution in [0, 0.1) is 0 Å². The van der Waals surface area contributed by atoms with Gasteiger partial charge in [-0.3, -0.25) is 0 Å². The van der Waals surface area contributed by atoms with Crippen molar-refractivity contribution in [2.45, 2.75) is 11.0 Å². The van der Waals surface area contributed by atoms with Crippen molar-refractivity contribution in [1.29, 1.82) is 0 Å². The molecule has 113 valence electrons. The van der Waals surface area contributed by atoms with Gasteiger partial charge in [0.2, 0.25) is 0 Å². The van der Waals surface area contributed by atoms with Crippen LogP contribution >= 0.6 is 0 Å². The van der Waals surface area contributed by atoms with Gasteiger partial charge in [-0.15, -0.1) is 0 Å². The summed E-state index contributed by atoms with van der Waals surface area (Å²) in [5, 5.41) is 0. The van der Waals surface area contributed by atoms with Gasteiger partial charge in [0.15, 0.2) is 20.2 Å². The van der Waals surface area contributed by atoms with Gasteiger partial charge in [-0.1, -0.05) is 0 Å². The maximum absolute atomic E-state index is 10.7. The van der Waals surface area contributed by atoms with E-state index in [4.69, 9.17) is 25.9 Å². The minimum Gasteiger partial charge on any atom is -0.741 e. The number of hydrogen-bond donors (Lipinski definition) is 0. The van der Waals surface area contributed by atoms with Crippen LogP contribution in [0.3, 0.4) is 0 Å². The average Bonchev–Trinajstić information content (AvgIpc) is 1.77. The topological polar surface area (TPSA) is 146 Å². The molecule has 1 radical (unpaired) electrons. The summed E-state index contributed by atoms with van der Waals surface area (Å²) in [5.74, 6) is 0. The molecule has 16 heteroatoms. The van der Waals surface area contributed by atoms with E-state index >= 15 is 0 Å². The first-order chi connectivity index (χ1) is 6.50. The van der Waals surface area contributed by atoms with Crippen LogP contribution in [0.25, 0.3) is 0 Å². The average molecular weight is 369 g/mol. The van der Waals surface area contributed by atoms with Crippen molar-refractivity contribution >= 4 is 20.2 Å². The van der Waals surface area contributed by atoms with Gasteiger partial charge in [0, 0.05) is 1.43 Å². The molecule has 0 bridgehead atoms. The van der Waals surface area contributed by atoms with Crippen molar-refractivity contribution < 1.29 is 77.7 Å². The molecule has 0 rings (SSSR count). The number of rotatable bonds is 0. The maximum atomic E-state index is 10.7. The van der Waals surface area contributed by atoms with Gasteiger partial charge in [-0.25, -0.2) is 16.8 Å². The van der Waals surface area contributed by atoms with Crippen LogP contribution in [0.4, 0.5) is 26.3 Å². The summed E-state index contributed by atoms with van der Waals surface area (Å²) in [7, 11) is -12.2. The molecule has 2 N–H and O–H groups in total. The Morgan fingerprint density at radius 3 is 0.778 bits per heavy atom. The molecule has 0 atom stereocenters. The monoisotopic (exact) mass is 369 g/mol. The molecule has 0 aromatic heterocycles. The van der Waals surface area contributed by atoms with Gasteiger partial charge in [-0.2, -0.15) is 26.3 Å². The molecule has 0 aliphatic rings. The molecule has 0 unspecified atom stereocenters. The molecule has 0 spiro atoms. The Balaban J connectivity index is -0.0000000594. The van der Waals surface area contributed by atoms with Crippen LogP contribution in [0.5, 0.6) is 0 Å². The Hall–Kier alpha value is -0.0556. The minimum absolute atomic E-state index is 0. The first-order valence-corrected chi connectivity index (χ1v) is 5.36. The Morgan fingerprint density at radius 1 is 0.722 bits per heavy atom. The van der Waals surface area contributed by atoms with E-state index in [2.05, 4.69) is 0 Å². The van der Waals surface area contributed by atoms with E-state index in [1.54, 1.807) is 0 Å². The fourth-order valence-corrected chi connectivity index (χ4v) is 0. The molecule has 0 aliphatic carbocycles. The third kappa shape index (κ3) is 11.1. The summed E-state index contributed by atoms with van der Waals surface area (Å²) in [4.78, 5) is 0. The third-order valence-corrected chi connectivity index (χ3v) is 1.70. The predicted molar refractivity (Wildman–Crippen MR) is 37.2 cm³/mol. The van der Waals surface area contributed by atoms with E-state index in [0.29, 0.717) is 0 Å². The number of halogens is 6. The van der Waals surface area contributed by atoms with E-state index in [9.17, 15) is 26.3 Å². The van der Waals surface area contributed by atoms with Crippen molar-refractivity contribution in [1.82, 2.24) is 0 Å². The number of hydrogen-bond acceptors (Lipinski definition) is 6. The Morgan fingerprint density at radius 2 is 0.778 bits per heavy atom. The summed E-state index contributed by atoms with van der Waals surface area (Å²) < 4.78 is 118. The summed E-state index contributed by atoms with van der Waals surface area (Å²) in [6, 6.07) is 0. The van der Waals surface area contributed by atoms with Gasteiger partial charge in [0.1, 0.15) is 0 Å².